The van der Waals surface area contributed by atoms with Crippen molar-refractivity contribution in [2.75, 3.05) is 13.1 Å². The summed E-state index contributed by atoms with van der Waals surface area (Å²) in [5.74, 6) is 0.961. The molecule has 1 atom stereocenters. The SMILES string of the molecule is CC1=NC(C)(c2cccc(-c3ccc(OC4CCN(Cc5ccccc5)CC4)c4ccccc34)n2)C=C1. The highest BCUT2D eigenvalue weighted by molar-refractivity contribution is 5.99. The molecule has 0 spiro atoms. The zero-order valence-electron chi connectivity index (χ0n) is 21.6. The topological polar surface area (TPSA) is 37.7 Å². The summed E-state index contributed by atoms with van der Waals surface area (Å²) in [6.45, 7) is 7.27. The van der Waals surface area contributed by atoms with E-state index in [1.165, 1.54) is 5.56 Å². The first-order valence-corrected chi connectivity index (χ1v) is 13.3. The number of rotatable bonds is 6. The van der Waals surface area contributed by atoms with Gasteiger partial charge >= 0.3 is 0 Å². The smallest absolute Gasteiger partial charge is 0.127 e. The molecule has 3 heterocycles. The zero-order valence-corrected chi connectivity index (χ0v) is 21.6. The summed E-state index contributed by atoms with van der Waals surface area (Å²) in [6.07, 6.45) is 6.52. The summed E-state index contributed by atoms with van der Waals surface area (Å²) in [5, 5.41) is 2.30. The summed E-state index contributed by atoms with van der Waals surface area (Å²) < 4.78 is 6.62. The highest BCUT2D eigenvalue weighted by Crippen LogP contribution is 2.37. The summed E-state index contributed by atoms with van der Waals surface area (Å²) in [5.41, 5.74) is 5.05. The van der Waals surface area contributed by atoms with Crippen molar-refractivity contribution in [3.05, 3.63) is 108 Å². The normalized spacial score (nSPS) is 20.3. The number of piperidine rings is 1. The van der Waals surface area contributed by atoms with Crippen LogP contribution in [0.2, 0.25) is 0 Å². The molecule has 1 unspecified atom stereocenters. The van der Waals surface area contributed by atoms with Crippen LogP contribution in [-0.4, -0.2) is 34.8 Å². The minimum Gasteiger partial charge on any atom is -0.490 e. The average Bonchev–Trinajstić information content (AvgIpc) is 3.30. The molecule has 4 aromatic rings. The first-order valence-electron chi connectivity index (χ1n) is 13.3. The van der Waals surface area contributed by atoms with Crippen LogP contribution >= 0.6 is 0 Å². The van der Waals surface area contributed by atoms with E-state index >= 15 is 0 Å². The number of likely N-dealkylation sites (tertiary alicyclic amines) is 1. The molecule has 37 heavy (non-hydrogen) atoms. The maximum Gasteiger partial charge on any atom is 0.127 e. The number of hydrogen-bond donors (Lipinski definition) is 0. The van der Waals surface area contributed by atoms with E-state index in [1.54, 1.807) is 0 Å². The number of fused-ring (bicyclic) bond motifs is 1. The van der Waals surface area contributed by atoms with Gasteiger partial charge in [-0.15, -0.1) is 0 Å². The molecule has 1 aromatic heterocycles. The lowest BCUT2D eigenvalue weighted by Gasteiger charge is -2.32. The molecule has 0 amide bonds. The average molecular weight is 488 g/mol. The lowest BCUT2D eigenvalue weighted by Crippen LogP contribution is -2.37. The highest BCUT2D eigenvalue weighted by Gasteiger charge is 2.28. The molecule has 4 heteroatoms. The van der Waals surface area contributed by atoms with E-state index in [2.05, 4.69) is 109 Å². The van der Waals surface area contributed by atoms with Crippen LogP contribution in [0.3, 0.4) is 0 Å². The van der Waals surface area contributed by atoms with Gasteiger partial charge in [-0.25, -0.2) is 4.98 Å². The Balaban J connectivity index is 1.22. The molecule has 0 saturated carbocycles. The molecule has 1 saturated heterocycles. The van der Waals surface area contributed by atoms with Gasteiger partial charge < -0.3 is 4.74 Å². The van der Waals surface area contributed by atoms with Crippen LogP contribution < -0.4 is 4.74 Å². The van der Waals surface area contributed by atoms with E-state index in [0.717, 1.165) is 71.7 Å². The van der Waals surface area contributed by atoms with Gasteiger partial charge in [0.1, 0.15) is 17.4 Å². The van der Waals surface area contributed by atoms with Crippen molar-refractivity contribution < 1.29 is 4.74 Å². The molecule has 186 valence electrons. The molecular formula is C33H33N3O. The van der Waals surface area contributed by atoms with Crippen LogP contribution in [0.25, 0.3) is 22.0 Å². The molecule has 6 rings (SSSR count). The minimum atomic E-state index is -0.408. The van der Waals surface area contributed by atoms with Crippen molar-refractivity contribution >= 4 is 16.5 Å². The van der Waals surface area contributed by atoms with Crippen molar-refractivity contribution in [2.24, 2.45) is 4.99 Å². The van der Waals surface area contributed by atoms with E-state index in [9.17, 15) is 0 Å². The maximum atomic E-state index is 6.62. The van der Waals surface area contributed by atoms with Crippen molar-refractivity contribution in [2.45, 2.75) is 44.9 Å². The second kappa shape index (κ2) is 9.95. The quantitative estimate of drug-likeness (QED) is 0.289. The lowest BCUT2D eigenvalue weighted by molar-refractivity contribution is 0.0980. The molecule has 0 aliphatic carbocycles. The molecule has 2 aliphatic rings. The Kier molecular flexibility index (Phi) is 6.35. The van der Waals surface area contributed by atoms with Crippen molar-refractivity contribution in [3.8, 4) is 17.0 Å². The van der Waals surface area contributed by atoms with Gasteiger partial charge in [0.25, 0.3) is 0 Å². The second-order valence-corrected chi connectivity index (χ2v) is 10.4. The minimum absolute atomic E-state index is 0.234. The lowest BCUT2D eigenvalue weighted by atomic mass is 9.96. The third-order valence-corrected chi connectivity index (χ3v) is 7.56. The Hall–Kier alpha value is -3.76. The first-order chi connectivity index (χ1) is 18.1. The Morgan fingerprint density at radius 3 is 2.38 bits per heavy atom. The Labute approximate surface area is 219 Å². The largest absolute Gasteiger partial charge is 0.490 e. The number of pyridine rings is 1. The number of aliphatic imine (C=N–C) groups is 1. The fourth-order valence-corrected chi connectivity index (χ4v) is 5.54. The highest BCUT2D eigenvalue weighted by atomic mass is 16.5. The summed E-state index contributed by atoms with van der Waals surface area (Å²) in [4.78, 5) is 12.4. The van der Waals surface area contributed by atoms with Crippen LogP contribution in [0.5, 0.6) is 5.75 Å². The van der Waals surface area contributed by atoms with Crippen LogP contribution in [-0.2, 0) is 12.1 Å². The number of allylic oxidation sites excluding steroid dienone is 1. The molecule has 0 N–H and O–H groups in total. The fraction of sp³-hybridized carbons (Fsp3) is 0.273. The van der Waals surface area contributed by atoms with E-state index in [-0.39, 0.29) is 6.10 Å². The van der Waals surface area contributed by atoms with Crippen LogP contribution in [0.1, 0.15) is 37.9 Å². The first kappa shape index (κ1) is 23.6. The van der Waals surface area contributed by atoms with Crippen LogP contribution in [0.15, 0.2) is 102 Å². The fourth-order valence-electron chi connectivity index (χ4n) is 5.54. The van der Waals surface area contributed by atoms with E-state index < -0.39 is 5.54 Å². The van der Waals surface area contributed by atoms with Crippen LogP contribution in [0, 0.1) is 0 Å². The van der Waals surface area contributed by atoms with Crippen molar-refractivity contribution in [3.63, 3.8) is 0 Å². The molecule has 2 aliphatic heterocycles. The van der Waals surface area contributed by atoms with Crippen molar-refractivity contribution in [1.29, 1.82) is 0 Å². The molecule has 4 nitrogen and oxygen atoms in total. The number of benzene rings is 3. The number of ether oxygens (including phenoxy) is 1. The van der Waals surface area contributed by atoms with E-state index in [0.29, 0.717) is 0 Å². The van der Waals surface area contributed by atoms with Gasteiger partial charge in [-0.1, -0.05) is 60.7 Å². The number of aromatic nitrogens is 1. The van der Waals surface area contributed by atoms with Gasteiger partial charge in [0.15, 0.2) is 0 Å². The van der Waals surface area contributed by atoms with Gasteiger partial charge in [0, 0.05) is 36.3 Å². The Morgan fingerprint density at radius 2 is 1.62 bits per heavy atom. The van der Waals surface area contributed by atoms with Gasteiger partial charge in [0.05, 0.1) is 11.4 Å². The van der Waals surface area contributed by atoms with Gasteiger partial charge in [-0.05, 0) is 74.1 Å². The number of hydrogen-bond acceptors (Lipinski definition) is 4. The molecule has 1 fully saturated rings. The molecule has 3 aromatic carbocycles. The predicted molar refractivity (Wildman–Crippen MR) is 152 cm³/mol. The molecule has 0 bridgehead atoms. The molecule has 0 radical (unpaired) electrons. The van der Waals surface area contributed by atoms with Crippen LogP contribution in [0.4, 0.5) is 0 Å². The van der Waals surface area contributed by atoms with Gasteiger partial charge in [-0.3, -0.25) is 9.89 Å². The van der Waals surface area contributed by atoms with Crippen molar-refractivity contribution in [1.82, 2.24) is 9.88 Å². The standard InChI is InChI=1S/C33H33N3O/c1-24-17-20-33(2,35-24)32-14-8-13-30(34-32)28-15-16-31(29-12-7-6-11-27(28)29)37-26-18-21-36(22-19-26)23-25-9-4-3-5-10-25/h3-17,20,26H,18-19,21-23H2,1-2H3. The van der Waals surface area contributed by atoms with Gasteiger partial charge in [0.2, 0.25) is 0 Å². The monoisotopic (exact) mass is 487 g/mol. The number of nitrogens with zero attached hydrogens (tertiary/aromatic N) is 3. The third-order valence-electron chi connectivity index (χ3n) is 7.56. The Bertz CT molecular complexity index is 1470. The van der Waals surface area contributed by atoms with E-state index in [4.69, 9.17) is 14.7 Å². The van der Waals surface area contributed by atoms with Gasteiger partial charge in [-0.2, -0.15) is 0 Å². The summed E-state index contributed by atoms with van der Waals surface area (Å²) >= 11 is 0. The second-order valence-electron chi connectivity index (χ2n) is 10.4. The summed E-state index contributed by atoms with van der Waals surface area (Å²) in [7, 11) is 0. The maximum absolute atomic E-state index is 6.62. The summed E-state index contributed by atoms with van der Waals surface area (Å²) in [6, 6.07) is 29.8. The molecular weight excluding hydrogens is 454 g/mol. The zero-order chi connectivity index (χ0) is 25.2. The Morgan fingerprint density at radius 1 is 0.865 bits per heavy atom. The predicted octanol–water partition coefficient (Wildman–Crippen LogP) is 7.19. The third kappa shape index (κ3) is 4.94. The van der Waals surface area contributed by atoms with E-state index in [1.807, 2.05) is 6.92 Å².